The second kappa shape index (κ2) is 7.28. The molecule has 0 radical (unpaired) electrons. The molecule has 0 heterocycles. The lowest BCUT2D eigenvalue weighted by molar-refractivity contribution is -0.134. The third kappa shape index (κ3) is 5.09. The molecule has 108 valence electrons. The molecule has 0 fully saturated rings. The van der Waals surface area contributed by atoms with Crippen molar-refractivity contribution >= 4 is 17.9 Å². The van der Waals surface area contributed by atoms with E-state index in [1.165, 1.54) is 25.1 Å². The first kappa shape index (κ1) is 15.7. The lowest BCUT2D eigenvalue weighted by atomic mass is 10.3. The van der Waals surface area contributed by atoms with E-state index in [0.29, 0.717) is 0 Å². The van der Waals surface area contributed by atoms with E-state index in [2.05, 4.69) is 0 Å². The Balaban J connectivity index is 3.03. The van der Waals surface area contributed by atoms with Crippen molar-refractivity contribution in [1.82, 2.24) is 0 Å². The van der Waals surface area contributed by atoms with E-state index in [9.17, 15) is 14.4 Å². The first-order valence-electron chi connectivity index (χ1n) is 6.19. The zero-order chi connectivity index (χ0) is 15.1. The first-order chi connectivity index (χ1) is 9.44. The summed E-state index contributed by atoms with van der Waals surface area (Å²) in [7, 11) is 0. The summed E-state index contributed by atoms with van der Waals surface area (Å²) in [5.41, 5.74) is 0. The van der Waals surface area contributed by atoms with Crippen LogP contribution in [0.2, 0.25) is 0 Å². The van der Waals surface area contributed by atoms with Crippen LogP contribution in [0.4, 0.5) is 0 Å². The van der Waals surface area contributed by atoms with Crippen LogP contribution in [-0.2, 0) is 14.4 Å². The summed E-state index contributed by atoms with van der Waals surface area (Å²) in [5.74, 6) is -0.992. The number of esters is 3. The molecule has 6 nitrogen and oxygen atoms in total. The lowest BCUT2D eigenvalue weighted by Crippen LogP contribution is -2.09. The van der Waals surface area contributed by atoms with Crippen LogP contribution >= 0.6 is 0 Å². The van der Waals surface area contributed by atoms with Crippen molar-refractivity contribution in [2.75, 3.05) is 0 Å². The molecule has 0 bridgehead atoms. The molecular formula is C14H16O6. The average molecular weight is 280 g/mol. The minimum absolute atomic E-state index is 0.137. The zero-order valence-electron chi connectivity index (χ0n) is 11.6. The largest absolute Gasteiger partial charge is 0.426 e. The molecule has 0 saturated heterocycles. The Morgan fingerprint density at radius 2 is 1.15 bits per heavy atom. The fraction of sp³-hybridized carbons (Fsp3) is 0.357. The molecule has 0 unspecified atom stereocenters. The van der Waals surface area contributed by atoms with E-state index in [4.69, 9.17) is 14.2 Å². The highest BCUT2D eigenvalue weighted by Gasteiger charge is 2.11. The van der Waals surface area contributed by atoms with Crippen LogP contribution < -0.4 is 14.2 Å². The Labute approximate surface area is 116 Å². The highest BCUT2D eigenvalue weighted by Crippen LogP contribution is 2.28. The summed E-state index contributed by atoms with van der Waals surface area (Å²) in [6.45, 7) is 4.54. The van der Waals surface area contributed by atoms with Gasteiger partial charge >= 0.3 is 17.9 Å². The predicted molar refractivity (Wildman–Crippen MR) is 69.6 cm³/mol. The van der Waals surface area contributed by atoms with E-state index in [1.54, 1.807) is 13.8 Å². The quantitative estimate of drug-likeness (QED) is 0.608. The van der Waals surface area contributed by atoms with Crippen LogP contribution in [0.1, 0.15) is 33.6 Å². The molecule has 0 spiro atoms. The van der Waals surface area contributed by atoms with Crippen molar-refractivity contribution in [3.05, 3.63) is 18.2 Å². The fourth-order valence-corrected chi connectivity index (χ4v) is 1.30. The van der Waals surface area contributed by atoms with Gasteiger partial charge in [0.2, 0.25) is 0 Å². The maximum Gasteiger partial charge on any atom is 0.310 e. The number of hydrogen-bond acceptors (Lipinski definition) is 6. The van der Waals surface area contributed by atoms with Crippen LogP contribution in [0.15, 0.2) is 18.2 Å². The van der Waals surface area contributed by atoms with Crippen molar-refractivity contribution < 1.29 is 28.6 Å². The van der Waals surface area contributed by atoms with Gasteiger partial charge in [0.15, 0.2) is 0 Å². The molecule has 20 heavy (non-hydrogen) atoms. The maximum absolute atomic E-state index is 11.3. The van der Waals surface area contributed by atoms with Gasteiger partial charge in [-0.05, 0) is 0 Å². The molecule has 0 aliphatic heterocycles. The summed E-state index contributed by atoms with van der Waals surface area (Å²) in [6.07, 6.45) is 0.393. The molecular weight excluding hydrogens is 264 g/mol. The predicted octanol–water partition coefficient (Wildman–Crippen LogP) is 2.24. The Morgan fingerprint density at radius 3 is 1.45 bits per heavy atom. The molecule has 0 atom stereocenters. The molecule has 1 aromatic rings. The van der Waals surface area contributed by atoms with Gasteiger partial charge < -0.3 is 14.2 Å². The van der Waals surface area contributed by atoms with Gasteiger partial charge in [-0.2, -0.15) is 0 Å². The van der Waals surface area contributed by atoms with E-state index in [-0.39, 0.29) is 30.1 Å². The van der Waals surface area contributed by atoms with E-state index in [0.717, 1.165) is 0 Å². The molecule has 0 aliphatic rings. The van der Waals surface area contributed by atoms with Crippen LogP contribution in [0.25, 0.3) is 0 Å². The monoisotopic (exact) mass is 280 g/mol. The topological polar surface area (TPSA) is 78.9 Å². The van der Waals surface area contributed by atoms with Gasteiger partial charge in [0.1, 0.15) is 17.2 Å². The van der Waals surface area contributed by atoms with Crippen LogP contribution in [-0.4, -0.2) is 17.9 Å². The normalized spacial score (nSPS) is 9.75. The van der Waals surface area contributed by atoms with Crippen LogP contribution in [0.3, 0.4) is 0 Å². The molecule has 0 saturated carbocycles. The molecule has 6 heteroatoms. The second-order valence-corrected chi connectivity index (χ2v) is 3.89. The van der Waals surface area contributed by atoms with E-state index < -0.39 is 17.9 Å². The van der Waals surface area contributed by atoms with Gasteiger partial charge in [0, 0.05) is 38.0 Å². The van der Waals surface area contributed by atoms with Crippen molar-refractivity contribution in [2.45, 2.75) is 33.6 Å². The van der Waals surface area contributed by atoms with Crippen LogP contribution in [0.5, 0.6) is 17.2 Å². The number of carbonyl (C=O) groups is 3. The van der Waals surface area contributed by atoms with Gasteiger partial charge in [-0.1, -0.05) is 13.8 Å². The molecule has 1 aromatic carbocycles. The summed E-state index contributed by atoms with van der Waals surface area (Å²) in [5, 5.41) is 0. The Bertz CT molecular complexity index is 484. The Morgan fingerprint density at radius 1 is 0.800 bits per heavy atom. The van der Waals surface area contributed by atoms with E-state index in [1.807, 2.05) is 0 Å². The first-order valence-corrected chi connectivity index (χ1v) is 6.19. The Kier molecular flexibility index (Phi) is 5.71. The second-order valence-electron chi connectivity index (χ2n) is 3.89. The summed E-state index contributed by atoms with van der Waals surface area (Å²) < 4.78 is 14.9. The standard InChI is InChI=1S/C14H16O6/c1-4-13(16)19-11-6-10(18-9(3)15)7-12(8-11)20-14(17)5-2/h6-8H,4-5H2,1-3H3. The molecule has 0 amide bonds. The number of rotatable bonds is 5. The molecule has 0 aromatic heterocycles. The SMILES string of the molecule is CCC(=O)Oc1cc(OC(C)=O)cc(OC(=O)CC)c1. The summed E-state index contributed by atoms with van der Waals surface area (Å²) >= 11 is 0. The zero-order valence-corrected chi connectivity index (χ0v) is 11.6. The third-order valence-corrected chi connectivity index (χ3v) is 2.16. The van der Waals surface area contributed by atoms with Crippen molar-refractivity contribution in [3.63, 3.8) is 0 Å². The van der Waals surface area contributed by atoms with Gasteiger partial charge in [-0.15, -0.1) is 0 Å². The minimum atomic E-state index is -0.531. The number of benzene rings is 1. The van der Waals surface area contributed by atoms with E-state index >= 15 is 0 Å². The smallest absolute Gasteiger partial charge is 0.310 e. The minimum Gasteiger partial charge on any atom is -0.426 e. The van der Waals surface area contributed by atoms with Crippen molar-refractivity contribution in [2.24, 2.45) is 0 Å². The highest BCUT2D eigenvalue weighted by molar-refractivity contribution is 5.75. The highest BCUT2D eigenvalue weighted by atomic mass is 16.6. The average Bonchev–Trinajstić information content (AvgIpc) is 2.37. The van der Waals surface area contributed by atoms with Crippen LogP contribution in [0, 0.1) is 0 Å². The molecule has 0 aliphatic carbocycles. The Hall–Kier alpha value is -2.37. The van der Waals surface area contributed by atoms with Gasteiger partial charge in [-0.25, -0.2) is 0 Å². The lowest BCUT2D eigenvalue weighted by Gasteiger charge is -2.09. The molecule has 0 N–H and O–H groups in total. The van der Waals surface area contributed by atoms with Crippen molar-refractivity contribution in [3.8, 4) is 17.2 Å². The third-order valence-electron chi connectivity index (χ3n) is 2.16. The van der Waals surface area contributed by atoms with Gasteiger partial charge in [0.25, 0.3) is 0 Å². The number of carbonyl (C=O) groups excluding carboxylic acids is 3. The van der Waals surface area contributed by atoms with Gasteiger partial charge in [-0.3, -0.25) is 14.4 Å². The van der Waals surface area contributed by atoms with Gasteiger partial charge in [0.05, 0.1) is 0 Å². The molecule has 1 rings (SSSR count). The van der Waals surface area contributed by atoms with Crippen molar-refractivity contribution in [1.29, 1.82) is 0 Å². The summed E-state index contributed by atoms with van der Waals surface area (Å²) in [4.78, 5) is 33.5. The maximum atomic E-state index is 11.3. The number of ether oxygens (including phenoxy) is 3. The fourth-order valence-electron chi connectivity index (χ4n) is 1.30. The number of hydrogen-bond donors (Lipinski definition) is 0. The summed E-state index contributed by atoms with van der Waals surface area (Å²) in [6, 6.07) is 4.13.